The molecule has 1 aromatic carbocycles. The Bertz CT molecular complexity index is 531. The van der Waals surface area contributed by atoms with Crippen molar-refractivity contribution in [2.75, 3.05) is 13.7 Å². The molecule has 0 radical (unpaired) electrons. The summed E-state index contributed by atoms with van der Waals surface area (Å²) in [7, 11) is 1.67. The van der Waals surface area contributed by atoms with E-state index in [1.807, 2.05) is 36.7 Å². The number of hydrogen-bond donors (Lipinski definition) is 1. The van der Waals surface area contributed by atoms with Crippen LogP contribution < -0.4 is 10.1 Å². The fourth-order valence-corrected chi connectivity index (χ4v) is 2.41. The van der Waals surface area contributed by atoms with Crippen LogP contribution in [0.25, 0.3) is 0 Å². The Balaban J connectivity index is 1.95. The van der Waals surface area contributed by atoms with Crippen LogP contribution in [-0.4, -0.2) is 23.6 Å². The van der Waals surface area contributed by atoms with Crippen molar-refractivity contribution in [3.05, 3.63) is 42.2 Å². The molecule has 2 aromatic rings. The first-order chi connectivity index (χ1) is 9.81. The van der Waals surface area contributed by atoms with Gasteiger partial charge in [-0.05, 0) is 42.9 Å². The number of hydrogen-bond acceptors (Lipinski definition) is 5. The quantitative estimate of drug-likeness (QED) is 0.627. The van der Waals surface area contributed by atoms with Gasteiger partial charge in [0.1, 0.15) is 5.75 Å². The lowest BCUT2D eigenvalue weighted by molar-refractivity contribution is 0.413. The van der Waals surface area contributed by atoms with Crippen LogP contribution in [0.15, 0.2) is 46.7 Å². The molecule has 4 nitrogen and oxygen atoms in total. The largest absolute Gasteiger partial charge is 0.497 e. The van der Waals surface area contributed by atoms with Gasteiger partial charge in [-0.2, -0.15) is 0 Å². The van der Waals surface area contributed by atoms with Gasteiger partial charge in [0.2, 0.25) is 0 Å². The van der Waals surface area contributed by atoms with Crippen molar-refractivity contribution in [2.45, 2.75) is 29.9 Å². The van der Waals surface area contributed by atoms with Gasteiger partial charge in [0.05, 0.1) is 7.11 Å². The topological polar surface area (TPSA) is 47.0 Å². The predicted octanol–water partition coefficient (Wildman–Crippen LogP) is 3.14. The lowest BCUT2D eigenvalue weighted by Crippen LogP contribution is -2.14. The molecular formula is C15H19N3OS. The van der Waals surface area contributed by atoms with Crippen LogP contribution in [0, 0.1) is 0 Å². The summed E-state index contributed by atoms with van der Waals surface area (Å²) in [5, 5.41) is 4.08. The number of aromatic nitrogens is 2. The Morgan fingerprint density at radius 3 is 2.75 bits per heavy atom. The molecule has 20 heavy (non-hydrogen) atoms. The molecule has 106 valence electrons. The van der Waals surface area contributed by atoms with E-state index in [9.17, 15) is 0 Å². The van der Waals surface area contributed by atoms with Crippen molar-refractivity contribution in [3.63, 3.8) is 0 Å². The van der Waals surface area contributed by atoms with Crippen LogP contribution in [-0.2, 0) is 6.54 Å². The van der Waals surface area contributed by atoms with Gasteiger partial charge >= 0.3 is 0 Å². The normalized spacial score (nSPS) is 10.5. The summed E-state index contributed by atoms with van der Waals surface area (Å²) >= 11 is 1.53. The standard InChI is InChI=1S/C15H19N3OS/c1-3-7-16-9-12-10-17-15(18-11-12)20-14-6-4-5-13(8-14)19-2/h4-6,8,10-11,16H,3,7,9H2,1-2H3. The number of methoxy groups -OCH3 is 1. The maximum atomic E-state index is 5.20. The molecule has 1 N–H and O–H groups in total. The monoisotopic (exact) mass is 289 g/mol. The Hall–Kier alpha value is -1.59. The zero-order valence-corrected chi connectivity index (χ0v) is 12.6. The first-order valence-corrected chi connectivity index (χ1v) is 7.47. The first kappa shape index (κ1) is 14.8. The highest BCUT2D eigenvalue weighted by molar-refractivity contribution is 7.99. The van der Waals surface area contributed by atoms with Gasteiger partial charge in [0.15, 0.2) is 5.16 Å². The second-order valence-electron chi connectivity index (χ2n) is 4.33. The summed E-state index contributed by atoms with van der Waals surface area (Å²) in [6, 6.07) is 7.88. The molecule has 0 saturated carbocycles. The highest BCUT2D eigenvalue weighted by Gasteiger charge is 2.02. The van der Waals surface area contributed by atoms with Gasteiger partial charge in [-0.3, -0.25) is 0 Å². The molecule has 1 aromatic heterocycles. The maximum Gasteiger partial charge on any atom is 0.192 e. The molecule has 0 fully saturated rings. The van der Waals surface area contributed by atoms with E-state index in [1.165, 1.54) is 11.8 Å². The first-order valence-electron chi connectivity index (χ1n) is 6.65. The molecular weight excluding hydrogens is 270 g/mol. The number of nitrogens with zero attached hydrogens (tertiary/aromatic N) is 2. The molecule has 0 amide bonds. The van der Waals surface area contributed by atoms with E-state index in [0.717, 1.165) is 40.9 Å². The number of ether oxygens (including phenoxy) is 1. The summed E-state index contributed by atoms with van der Waals surface area (Å²) in [6.07, 6.45) is 4.88. The lowest BCUT2D eigenvalue weighted by Gasteiger charge is -2.05. The zero-order valence-electron chi connectivity index (χ0n) is 11.8. The second-order valence-corrected chi connectivity index (χ2v) is 5.37. The average molecular weight is 289 g/mol. The fourth-order valence-electron chi connectivity index (χ4n) is 1.67. The summed E-state index contributed by atoms with van der Waals surface area (Å²) in [4.78, 5) is 9.83. The minimum Gasteiger partial charge on any atom is -0.497 e. The third-order valence-electron chi connectivity index (χ3n) is 2.69. The molecule has 5 heteroatoms. The van der Waals surface area contributed by atoms with Crippen molar-refractivity contribution < 1.29 is 4.74 Å². The van der Waals surface area contributed by atoms with Crippen molar-refractivity contribution in [3.8, 4) is 5.75 Å². The minimum absolute atomic E-state index is 0.748. The van der Waals surface area contributed by atoms with Crippen molar-refractivity contribution in [1.82, 2.24) is 15.3 Å². The molecule has 0 saturated heterocycles. The van der Waals surface area contributed by atoms with Crippen LogP contribution in [0.1, 0.15) is 18.9 Å². The third-order valence-corrected chi connectivity index (χ3v) is 3.57. The predicted molar refractivity (Wildman–Crippen MR) is 81.1 cm³/mol. The number of benzene rings is 1. The SMILES string of the molecule is CCCNCc1cnc(Sc2cccc(OC)c2)nc1. The van der Waals surface area contributed by atoms with Crippen LogP contribution in [0.3, 0.4) is 0 Å². The van der Waals surface area contributed by atoms with Crippen LogP contribution in [0.5, 0.6) is 5.75 Å². The van der Waals surface area contributed by atoms with Crippen molar-refractivity contribution in [2.24, 2.45) is 0 Å². The van der Waals surface area contributed by atoms with E-state index >= 15 is 0 Å². The number of rotatable bonds is 7. The molecule has 0 bridgehead atoms. The molecule has 0 unspecified atom stereocenters. The van der Waals surface area contributed by atoms with Gasteiger partial charge < -0.3 is 10.1 Å². The maximum absolute atomic E-state index is 5.20. The van der Waals surface area contributed by atoms with E-state index in [4.69, 9.17) is 4.74 Å². The summed E-state index contributed by atoms with van der Waals surface area (Å²) in [6.45, 7) is 3.98. The van der Waals surface area contributed by atoms with Gasteiger partial charge in [-0.25, -0.2) is 9.97 Å². The Labute approximate surface area is 124 Å². The molecule has 2 rings (SSSR count). The minimum atomic E-state index is 0.748. The van der Waals surface area contributed by atoms with Gasteiger partial charge in [0.25, 0.3) is 0 Å². The Morgan fingerprint density at radius 2 is 2.05 bits per heavy atom. The highest BCUT2D eigenvalue weighted by atomic mass is 32.2. The van der Waals surface area contributed by atoms with Crippen LogP contribution >= 0.6 is 11.8 Å². The van der Waals surface area contributed by atoms with E-state index in [2.05, 4.69) is 22.2 Å². The molecule has 0 atom stereocenters. The lowest BCUT2D eigenvalue weighted by atomic mass is 10.3. The zero-order chi connectivity index (χ0) is 14.2. The molecule has 1 heterocycles. The van der Waals surface area contributed by atoms with Gasteiger partial charge in [-0.15, -0.1) is 0 Å². The van der Waals surface area contributed by atoms with Crippen LogP contribution in [0.4, 0.5) is 0 Å². The Morgan fingerprint density at radius 1 is 1.25 bits per heavy atom. The Kier molecular flexibility index (Phi) is 5.83. The summed E-state index contributed by atoms with van der Waals surface area (Å²) < 4.78 is 5.20. The van der Waals surface area contributed by atoms with Crippen LogP contribution in [0.2, 0.25) is 0 Å². The van der Waals surface area contributed by atoms with E-state index in [0.29, 0.717) is 0 Å². The van der Waals surface area contributed by atoms with E-state index in [1.54, 1.807) is 7.11 Å². The van der Waals surface area contributed by atoms with E-state index in [-0.39, 0.29) is 0 Å². The molecule has 0 aliphatic heterocycles. The number of nitrogens with one attached hydrogen (secondary N) is 1. The van der Waals surface area contributed by atoms with Crippen molar-refractivity contribution >= 4 is 11.8 Å². The van der Waals surface area contributed by atoms with Gasteiger partial charge in [0, 0.05) is 29.4 Å². The molecule has 0 aliphatic carbocycles. The molecule has 0 spiro atoms. The van der Waals surface area contributed by atoms with Gasteiger partial charge in [-0.1, -0.05) is 13.0 Å². The molecule has 0 aliphatic rings. The summed E-state index contributed by atoms with van der Waals surface area (Å²) in [5.74, 6) is 0.843. The smallest absolute Gasteiger partial charge is 0.192 e. The second kappa shape index (κ2) is 7.87. The average Bonchev–Trinajstić information content (AvgIpc) is 2.49. The third kappa shape index (κ3) is 4.51. The summed E-state index contributed by atoms with van der Waals surface area (Å²) in [5.41, 5.74) is 1.11. The fraction of sp³-hybridized carbons (Fsp3) is 0.333. The van der Waals surface area contributed by atoms with Crippen molar-refractivity contribution in [1.29, 1.82) is 0 Å². The van der Waals surface area contributed by atoms with E-state index < -0.39 is 0 Å². The highest BCUT2D eigenvalue weighted by Crippen LogP contribution is 2.27.